The van der Waals surface area contributed by atoms with Crippen LogP contribution in [0.5, 0.6) is 0 Å². The Morgan fingerprint density at radius 3 is 2.05 bits per heavy atom. The van der Waals surface area contributed by atoms with E-state index < -0.39 is 56.2 Å². The first-order valence-electron chi connectivity index (χ1n) is 5.98. The molecule has 0 aromatic heterocycles. The fourth-order valence-electron chi connectivity index (χ4n) is 2.29. The van der Waals surface area contributed by atoms with Crippen molar-refractivity contribution < 1.29 is 44.3 Å². The molecule has 0 aromatic carbocycles. The van der Waals surface area contributed by atoms with Crippen molar-refractivity contribution in [2.45, 2.75) is 43.9 Å². The maximum Gasteiger partial charge on any atom is 0.325 e. The van der Waals surface area contributed by atoms with Crippen molar-refractivity contribution >= 4 is 13.6 Å². The summed E-state index contributed by atoms with van der Waals surface area (Å²) < 4.78 is 15.5. The molecule has 0 heterocycles. The van der Waals surface area contributed by atoms with E-state index in [1.165, 1.54) is 0 Å². The Bertz CT molecular complexity index is 394. The van der Waals surface area contributed by atoms with Crippen LogP contribution in [0.1, 0.15) is 13.3 Å². The first-order valence-corrected chi connectivity index (χ1v) is 7.78. The highest BCUT2D eigenvalue weighted by Gasteiger charge is 2.50. The quantitative estimate of drug-likeness (QED) is 0.244. The standard InChI is InChI=1S/C10H19O9P/c1-4(11)19-10-7(13)5(2-3-20(16,17)18)6(12)8(14)9(10)15/h5-10,12-15H,2-3H2,1H3,(H2,16,17,18)/t5-,6+,7+,8+,9-,10-/m1/s1. The van der Waals surface area contributed by atoms with Crippen LogP contribution in [0.2, 0.25) is 0 Å². The van der Waals surface area contributed by atoms with Gasteiger partial charge in [-0.3, -0.25) is 9.36 Å². The number of carbonyl (C=O) groups is 1. The van der Waals surface area contributed by atoms with Crippen LogP contribution in [0.15, 0.2) is 0 Å². The SMILES string of the molecule is CC(=O)O[C@H]1[C@H](O)[C@@H](O)[C@@H](O)[C@@H](CCP(=O)(O)O)[C@@H]1O. The second-order valence-electron chi connectivity index (χ2n) is 4.88. The van der Waals surface area contributed by atoms with Crippen molar-refractivity contribution in [2.24, 2.45) is 5.92 Å². The Labute approximate surface area is 115 Å². The molecule has 1 fully saturated rings. The summed E-state index contributed by atoms with van der Waals surface area (Å²) in [7, 11) is -4.34. The molecule has 0 aliphatic heterocycles. The molecule has 0 amide bonds. The maximum absolute atomic E-state index is 10.9. The minimum atomic E-state index is -4.34. The smallest absolute Gasteiger partial charge is 0.325 e. The average molecular weight is 314 g/mol. The molecular weight excluding hydrogens is 295 g/mol. The Morgan fingerprint density at radius 1 is 1.05 bits per heavy atom. The molecule has 10 heteroatoms. The van der Waals surface area contributed by atoms with Gasteiger partial charge in [-0.25, -0.2) is 0 Å². The highest BCUT2D eigenvalue weighted by Crippen LogP contribution is 2.39. The Balaban J connectivity index is 2.86. The summed E-state index contributed by atoms with van der Waals surface area (Å²) >= 11 is 0. The summed E-state index contributed by atoms with van der Waals surface area (Å²) in [5, 5.41) is 39.1. The molecule has 0 aromatic rings. The molecule has 0 bridgehead atoms. The Hall–Kier alpha value is -0.540. The number of hydrogen-bond acceptors (Lipinski definition) is 7. The van der Waals surface area contributed by atoms with E-state index in [0.29, 0.717) is 0 Å². The van der Waals surface area contributed by atoms with Gasteiger partial charge in [0.05, 0.1) is 18.4 Å². The van der Waals surface area contributed by atoms with Crippen molar-refractivity contribution in [3.8, 4) is 0 Å². The van der Waals surface area contributed by atoms with Crippen LogP contribution >= 0.6 is 7.60 Å². The molecule has 1 aliphatic rings. The number of hydrogen-bond donors (Lipinski definition) is 6. The van der Waals surface area contributed by atoms with Crippen LogP contribution in [-0.2, 0) is 14.1 Å². The molecule has 1 rings (SSSR count). The van der Waals surface area contributed by atoms with Crippen molar-refractivity contribution in [3.05, 3.63) is 0 Å². The van der Waals surface area contributed by atoms with Gasteiger partial charge in [0.25, 0.3) is 0 Å². The van der Waals surface area contributed by atoms with E-state index in [9.17, 15) is 29.8 Å². The number of rotatable bonds is 4. The van der Waals surface area contributed by atoms with E-state index in [0.717, 1.165) is 6.92 Å². The van der Waals surface area contributed by atoms with Gasteiger partial charge in [-0.2, -0.15) is 0 Å². The van der Waals surface area contributed by atoms with Gasteiger partial charge < -0.3 is 34.9 Å². The van der Waals surface area contributed by atoms with Gasteiger partial charge >= 0.3 is 13.6 Å². The largest absolute Gasteiger partial charge is 0.457 e. The number of aliphatic hydroxyl groups is 4. The third-order valence-corrected chi connectivity index (χ3v) is 4.15. The van der Waals surface area contributed by atoms with E-state index in [-0.39, 0.29) is 6.42 Å². The summed E-state index contributed by atoms with van der Waals surface area (Å²) in [6.45, 7) is 1.04. The molecule has 20 heavy (non-hydrogen) atoms. The van der Waals surface area contributed by atoms with Crippen LogP contribution in [0.25, 0.3) is 0 Å². The second kappa shape index (κ2) is 6.48. The maximum atomic E-state index is 10.9. The van der Waals surface area contributed by atoms with E-state index >= 15 is 0 Å². The van der Waals surface area contributed by atoms with Gasteiger partial charge in [0.15, 0.2) is 6.10 Å². The zero-order chi connectivity index (χ0) is 15.7. The second-order valence-corrected chi connectivity index (χ2v) is 6.65. The lowest BCUT2D eigenvalue weighted by molar-refractivity contribution is -0.218. The summed E-state index contributed by atoms with van der Waals surface area (Å²) in [5.74, 6) is -1.93. The van der Waals surface area contributed by atoms with Crippen LogP contribution in [-0.4, -0.2) is 72.9 Å². The van der Waals surface area contributed by atoms with E-state index in [1.807, 2.05) is 0 Å². The first kappa shape index (κ1) is 17.5. The number of aliphatic hydroxyl groups excluding tert-OH is 4. The van der Waals surface area contributed by atoms with Crippen molar-refractivity contribution in [3.63, 3.8) is 0 Å². The first-order chi connectivity index (χ1) is 9.04. The van der Waals surface area contributed by atoms with Gasteiger partial charge in [0, 0.05) is 12.8 Å². The molecule has 1 aliphatic carbocycles. The molecule has 6 atom stereocenters. The monoisotopic (exact) mass is 314 g/mol. The molecule has 0 saturated heterocycles. The lowest BCUT2D eigenvalue weighted by Crippen LogP contribution is -2.62. The summed E-state index contributed by atoms with van der Waals surface area (Å²) in [4.78, 5) is 28.5. The van der Waals surface area contributed by atoms with Crippen molar-refractivity contribution in [1.29, 1.82) is 0 Å². The topological polar surface area (TPSA) is 165 Å². The summed E-state index contributed by atoms with van der Waals surface area (Å²) in [6.07, 6.45) is -8.88. The van der Waals surface area contributed by atoms with Gasteiger partial charge in [-0.05, 0) is 6.42 Å². The summed E-state index contributed by atoms with van der Waals surface area (Å²) in [5.41, 5.74) is 0. The third-order valence-electron chi connectivity index (χ3n) is 3.31. The highest BCUT2D eigenvalue weighted by atomic mass is 31.2. The van der Waals surface area contributed by atoms with E-state index in [2.05, 4.69) is 0 Å². The lowest BCUT2D eigenvalue weighted by Gasteiger charge is -2.43. The molecule has 0 radical (unpaired) electrons. The van der Waals surface area contributed by atoms with Gasteiger partial charge in [-0.1, -0.05) is 0 Å². The number of ether oxygens (including phenoxy) is 1. The van der Waals surface area contributed by atoms with Gasteiger partial charge in [0.2, 0.25) is 0 Å². The predicted molar refractivity (Wildman–Crippen MR) is 64.6 cm³/mol. The van der Waals surface area contributed by atoms with Crippen LogP contribution in [0, 0.1) is 5.92 Å². The van der Waals surface area contributed by atoms with Crippen molar-refractivity contribution in [2.75, 3.05) is 6.16 Å². The average Bonchev–Trinajstić information content (AvgIpc) is 2.30. The molecule has 0 spiro atoms. The molecule has 118 valence electrons. The van der Waals surface area contributed by atoms with Gasteiger partial charge in [0.1, 0.15) is 12.2 Å². The fourth-order valence-corrected chi connectivity index (χ4v) is 2.92. The molecule has 9 nitrogen and oxygen atoms in total. The number of carbonyl (C=O) groups excluding carboxylic acids is 1. The van der Waals surface area contributed by atoms with E-state index in [1.54, 1.807) is 0 Å². The lowest BCUT2D eigenvalue weighted by atomic mass is 9.77. The Kier molecular flexibility index (Phi) is 5.68. The summed E-state index contributed by atoms with van der Waals surface area (Å²) in [6, 6.07) is 0. The highest BCUT2D eigenvalue weighted by molar-refractivity contribution is 7.51. The zero-order valence-electron chi connectivity index (χ0n) is 10.7. The third kappa shape index (κ3) is 4.23. The minimum Gasteiger partial charge on any atom is -0.457 e. The fraction of sp³-hybridized carbons (Fsp3) is 0.900. The predicted octanol–water partition coefficient (Wildman–Crippen LogP) is -2.44. The molecule has 6 N–H and O–H groups in total. The molecule has 0 unspecified atom stereocenters. The number of esters is 1. The minimum absolute atomic E-state index is 0.297. The molecular formula is C10H19O9P. The van der Waals surface area contributed by atoms with Crippen LogP contribution in [0.3, 0.4) is 0 Å². The zero-order valence-corrected chi connectivity index (χ0v) is 11.6. The van der Waals surface area contributed by atoms with Crippen LogP contribution < -0.4 is 0 Å². The van der Waals surface area contributed by atoms with Crippen molar-refractivity contribution in [1.82, 2.24) is 0 Å². The Morgan fingerprint density at radius 2 is 1.60 bits per heavy atom. The normalized spacial score (nSPS) is 38.5. The van der Waals surface area contributed by atoms with Gasteiger partial charge in [-0.15, -0.1) is 0 Å². The molecule has 1 saturated carbocycles. The van der Waals surface area contributed by atoms with Crippen LogP contribution in [0.4, 0.5) is 0 Å². The van der Waals surface area contributed by atoms with E-state index in [4.69, 9.17) is 14.5 Å².